The zero-order valence-corrected chi connectivity index (χ0v) is 15.3. The van der Waals surface area contributed by atoms with Gasteiger partial charge in [0.2, 0.25) is 5.91 Å². The van der Waals surface area contributed by atoms with Gasteiger partial charge < -0.3 is 15.1 Å². The summed E-state index contributed by atoms with van der Waals surface area (Å²) in [5, 5.41) is 3.11. The standard InChI is InChI=1S/C20H29N3O2/c1-15-7-9-18(10-8-15)21-19(24)14-23-12-11-22(20(23)25)13-17-6-4-3-5-16(17)2/h3-6,15,18H,7-14H2,1-2H3,(H,21,24). The summed E-state index contributed by atoms with van der Waals surface area (Å²) in [7, 11) is 0. The van der Waals surface area contributed by atoms with E-state index in [0.717, 1.165) is 18.8 Å². The number of hydrogen-bond acceptors (Lipinski definition) is 2. The first-order valence-corrected chi connectivity index (χ1v) is 9.40. The predicted octanol–water partition coefficient (Wildman–Crippen LogP) is 2.93. The van der Waals surface area contributed by atoms with E-state index in [0.29, 0.717) is 19.6 Å². The highest BCUT2D eigenvalue weighted by Gasteiger charge is 2.30. The van der Waals surface area contributed by atoms with Gasteiger partial charge in [-0.1, -0.05) is 31.2 Å². The highest BCUT2D eigenvalue weighted by molar-refractivity contribution is 5.85. The van der Waals surface area contributed by atoms with Crippen molar-refractivity contribution in [2.75, 3.05) is 19.6 Å². The summed E-state index contributed by atoms with van der Waals surface area (Å²) in [6.45, 7) is 6.43. The lowest BCUT2D eigenvalue weighted by molar-refractivity contribution is -0.122. The maximum Gasteiger partial charge on any atom is 0.320 e. The number of nitrogens with one attached hydrogen (secondary N) is 1. The van der Waals surface area contributed by atoms with Gasteiger partial charge in [-0.3, -0.25) is 4.79 Å². The molecule has 0 atom stereocenters. The Balaban J connectivity index is 1.48. The largest absolute Gasteiger partial charge is 0.352 e. The van der Waals surface area contributed by atoms with Crippen molar-refractivity contribution in [3.63, 3.8) is 0 Å². The third kappa shape index (κ3) is 4.53. The molecule has 0 spiro atoms. The number of rotatable bonds is 5. The number of aryl methyl sites for hydroxylation is 1. The maximum atomic E-state index is 12.6. The van der Waals surface area contributed by atoms with Gasteiger partial charge in [-0.05, 0) is 49.7 Å². The number of urea groups is 1. The van der Waals surface area contributed by atoms with E-state index >= 15 is 0 Å². The molecule has 0 aromatic heterocycles. The molecule has 1 heterocycles. The number of hydrogen-bond donors (Lipinski definition) is 1. The smallest absolute Gasteiger partial charge is 0.320 e. The van der Waals surface area contributed by atoms with Gasteiger partial charge >= 0.3 is 6.03 Å². The molecule has 1 aliphatic carbocycles. The van der Waals surface area contributed by atoms with E-state index in [9.17, 15) is 9.59 Å². The number of carbonyl (C=O) groups is 2. The number of nitrogens with zero attached hydrogens (tertiary/aromatic N) is 2. The Morgan fingerprint density at radius 1 is 1.12 bits per heavy atom. The Morgan fingerprint density at radius 3 is 2.52 bits per heavy atom. The number of amides is 3. The lowest BCUT2D eigenvalue weighted by Gasteiger charge is -2.27. The maximum absolute atomic E-state index is 12.6. The Kier molecular flexibility index (Phi) is 5.61. The second-order valence-corrected chi connectivity index (χ2v) is 7.58. The van der Waals surface area contributed by atoms with Crippen molar-refractivity contribution in [1.29, 1.82) is 0 Å². The lowest BCUT2D eigenvalue weighted by atomic mass is 9.87. The molecule has 0 bridgehead atoms. The molecule has 1 aromatic carbocycles. The van der Waals surface area contributed by atoms with Crippen molar-refractivity contribution in [3.8, 4) is 0 Å². The first-order valence-electron chi connectivity index (χ1n) is 9.40. The summed E-state index contributed by atoms with van der Waals surface area (Å²) in [4.78, 5) is 28.4. The fourth-order valence-corrected chi connectivity index (χ4v) is 3.77. The van der Waals surface area contributed by atoms with Crippen LogP contribution in [-0.2, 0) is 11.3 Å². The van der Waals surface area contributed by atoms with Crippen LogP contribution in [0.15, 0.2) is 24.3 Å². The highest BCUT2D eigenvalue weighted by atomic mass is 16.2. The first kappa shape index (κ1) is 17.8. The van der Waals surface area contributed by atoms with Crippen molar-refractivity contribution in [1.82, 2.24) is 15.1 Å². The van der Waals surface area contributed by atoms with Crippen molar-refractivity contribution in [2.45, 2.75) is 52.1 Å². The molecule has 2 aliphatic rings. The predicted molar refractivity (Wildman–Crippen MR) is 98.1 cm³/mol. The van der Waals surface area contributed by atoms with Gasteiger partial charge in [0.1, 0.15) is 6.54 Å². The quantitative estimate of drug-likeness (QED) is 0.894. The fraction of sp³-hybridized carbons (Fsp3) is 0.600. The van der Waals surface area contributed by atoms with Gasteiger partial charge in [-0.2, -0.15) is 0 Å². The van der Waals surface area contributed by atoms with Crippen LogP contribution in [-0.4, -0.2) is 47.4 Å². The van der Waals surface area contributed by atoms with Crippen molar-refractivity contribution in [2.24, 2.45) is 5.92 Å². The van der Waals surface area contributed by atoms with Crippen molar-refractivity contribution < 1.29 is 9.59 Å². The molecule has 136 valence electrons. The minimum Gasteiger partial charge on any atom is -0.352 e. The van der Waals surface area contributed by atoms with E-state index in [4.69, 9.17) is 0 Å². The Morgan fingerprint density at radius 2 is 1.80 bits per heavy atom. The minimum absolute atomic E-state index is 0.0226. The van der Waals surface area contributed by atoms with E-state index in [1.807, 2.05) is 17.0 Å². The molecule has 3 rings (SSSR count). The molecule has 1 saturated carbocycles. The summed E-state index contributed by atoms with van der Waals surface area (Å²) in [5.74, 6) is 0.744. The molecule has 25 heavy (non-hydrogen) atoms. The van der Waals surface area contributed by atoms with E-state index in [-0.39, 0.29) is 24.5 Å². The molecular formula is C20H29N3O2. The zero-order valence-electron chi connectivity index (χ0n) is 15.3. The molecular weight excluding hydrogens is 314 g/mol. The second kappa shape index (κ2) is 7.89. The third-order valence-corrected chi connectivity index (χ3v) is 5.52. The molecule has 0 unspecified atom stereocenters. The van der Waals surface area contributed by atoms with Crippen LogP contribution in [0.3, 0.4) is 0 Å². The van der Waals surface area contributed by atoms with Crippen LogP contribution in [0, 0.1) is 12.8 Å². The second-order valence-electron chi connectivity index (χ2n) is 7.58. The fourth-order valence-electron chi connectivity index (χ4n) is 3.77. The molecule has 1 saturated heterocycles. The first-order chi connectivity index (χ1) is 12.0. The minimum atomic E-state index is -0.0318. The number of carbonyl (C=O) groups excluding carboxylic acids is 2. The van der Waals surface area contributed by atoms with Gasteiger partial charge in [-0.25, -0.2) is 4.79 Å². The molecule has 5 heteroatoms. The van der Waals surface area contributed by atoms with Crippen molar-refractivity contribution >= 4 is 11.9 Å². The van der Waals surface area contributed by atoms with Crippen LogP contribution in [0.1, 0.15) is 43.7 Å². The highest BCUT2D eigenvalue weighted by Crippen LogP contribution is 2.23. The normalized spacial score (nSPS) is 23.8. The van der Waals surface area contributed by atoms with Crippen LogP contribution < -0.4 is 5.32 Å². The molecule has 3 amide bonds. The lowest BCUT2D eigenvalue weighted by Crippen LogP contribution is -2.44. The monoisotopic (exact) mass is 343 g/mol. The average molecular weight is 343 g/mol. The van der Waals surface area contributed by atoms with Crippen LogP contribution >= 0.6 is 0 Å². The summed E-state index contributed by atoms with van der Waals surface area (Å²) >= 11 is 0. The summed E-state index contributed by atoms with van der Waals surface area (Å²) in [6.07, 6.45) is 4.47. The zero-order chi connectivity index (χ0) is 17.8. The summed E-state index contributed by atoms with van der Waals surface area (Å²) in [5.41, 5.74) is 2.36. The van der Waals surface area contributed by atoms with Gasteiger partial charge in [-0.15, -0.1) is 0 Å². The van der Waals surface area contributed by atoms with Crippen LogP contribution in [0.5, 0.6) is 0 Å². The van der Waals surface area contributed by atoms with E-state index in [1.165, 1.54) is 24.0 Å². The van der Waals surface area contributed by atoms with Gasteiger partial charge in [0.15, 0.2) is 0 Å². The molecule has 0 radical (unpaired) electrons. The molecule has 1 N–H and O–H groups in total. The molecule has 5 nitrogen and oxygen atoms in total. The topological polar surface area (TPSA) is 52.6 Å². The Labute approximate surface area is 150 Å². The molecule has 1 aromatic rings. The van der Waals surface area contributed by atoms with E-state index in [2.05, 4.69) is 31.3 Å². The van der Waals surface area contributed by atoms with Crippen molar-refractivity contribution in [3.05, 3.63) is 35.4 Å². The SMILES string of the molecule is Cc1ccccc1CN1CCN(CC(=O)NC2CCC(C)CC2)C1=O. The molecule has 1 aliphatic heterocycles. The van der Waals surface area contributed by atoms with Crippen LogP contribution in [0.25, 0.3) is 0 Å². The third-order valence-electron chi connectivity index (χ3n) is 5.52. The van der Waals surface area contributed by atoms with E-state index in [1.54, 1.807) is 4.90 Å². The Bertz CT molecular complexity index is 623. The van der Waals surface area contributed by atoms with Gasteiger partial charge in [0.25, 0.3) is 0 Å². The van der Waals surface area contributed by atoms with E-state index < -0.39 is 0 Å². The van der Waals surface area contributed by atoms with Gasteiger partial charge in [0, 0.05) is 25.7 Å². The number of benzene rings is 1. The average Bonchev–Trinajstić information content (AvgIpc) is 2.92. The Hall–Kier alpha value is -2.04. The van der Waals surface area contributed by atoms with Crippen LogP contribution in [0.2, 0.25) is 0 Å². The van der Waals surface area contributed by atoms with Crippen LogP contribution in [0.4, 0.5) is 4.79 Å². The van der Waals surface area contributed by atoms with Gasteiger partial charge in [0.05, 0.1) is 0 Å². The summed E-state index contributed by atoms with van der Waals surface area (Å²) < 4.78 is 0. The molecule has 2 fully saturated rings. The summed E-state index contributed by atoms with van der Waals surface area (Å²) in [6, 6.07) is 8.38.